The number of amides is 1. The summed E-state index contributed by atoms with van der Waals surface area (Å²) in [5, 5.41) is 11.2. The van der Waals surface area contributed by atoms with Crippen molar-refractivity contribution < 1.29 is 23.8 Å². The van der Waals surface area contributed by atoms with E-state index in [0.717, 1.165) is 16.9 Å². The molecule has 0 saturated carbocycles. The second kappa shape index (κ2) is 8.16. The lowest BCUT2D eigenvalue weighted by Crippen LogP contribution is -2.29. The van der Waals surface area contributed by atoms with Gasteiger partial charge in [0.15, 0.2) is 0 Å². The van der Waals surface area contributed by atoms with Crippen molar-refractivity contribution in [1.82, 2.24) is 9.88 Å². The number of hydrogen-bond acceptors (Lipinski definition) is 5. The monoisotopic (exact) mass is 444 g/mol. The zero-order chi connectivity index (χ0) is 23.1. The third-order valence-electron chi connectivity index (χ3n) is 6.01. The molecule has 0 radical (unpaired) electrons. The minimum Gasteiger partial charge on any atom is -0.507 e. The van der Waals surface area contributed by atoms with Crippen LogP contribution in [0.3, 0.4) is 0 Å². The summed E-state index contributed by atoms with van der Waals surface area (Å²) in [5.41, 5.74) is 2.03. The molecule has 1 aromatic heterocycles. The Morgan fingerprint density at radius 1 is 1.15 bits per heavy atom. The molecule has 1 fully saturated rings. The van der Waals surface area contributed by atoms with Gasteiger partial charge in [-0.15, -0.1) is 0 Å². The SMILES string of the molecule is C[C@H]1Cc2cc(C(O)=C3C(=O)C(=O)N(Cc4ccncc4)[C@H]3c3ccccc3F)ccc2O1. The summed E-state index contributed by atoms with van der Waals surface area (Å²) in [6, 6.07) is 13.5. The van der Waals surface area contributed by atoms with E-state index < -0.39 is 23.5 Å². The summed E-state index contributed by atoms with van der Waals surface area (Å²) in [5.74, 6) is -1.81. The molecular weight excluding hydrogens is 423 g/mol. The molecule has 1 saturated heterocycles. The second-order valence-electron chi connectivity index (χ2n) is 8.26. The number of ketones is 1. The molecule has 0 aliphatic carbocycles. The maximum Gasteiger partial charge on any atom is 0.295 e. The van der Waals surface area contributed by atoms with Crippen molar-refractivity contribution in [2.24, 2.45) is 0 Å². The minimum atomic E-state index is -1.07. The maximum absolute atomic E-state index is 14.9. The summed E-state index contributed by atoms with van der Waals surface area (Å²) in [6.07, 6.45) is 3.85. The van der Waals surface area contributed by atoms with Crippen LogP contribution in [-0.4, -0.2) is 32.8 Å². The fourth-order valence-electron chi connectivity index (χ4n) is 4.47. The van der Waals surface area contributed by atoms with Gasteiger partial charge >= 0.3 is 0 Å². The molecule has 6 nitrogen and oxygen atoms in total. The average Bonchev–Trinajstić information content (AvgIpc) is 3.31. The van der Waals surface area contributed by atoms with Gasteiger partial charge in [0, 0.05) is 36.5 Å². The Labute approximate surface area is 190 Å². The summed E-state index contributed by atoms with van der Waals surface area (Å²) >= 11 is 0. The van der Waals surface area contributed by atoms with Crippen LogP contribution in [0.1, 0.15) is 35.2 Å². The van der Waals surface area contributed by atoms with E-state index in [1.54, 1.807) is 48.8 Å². The zero-order valence-electron chi connectivity index (χ0n) is 17.9. The first-order valence-corrected chi connectivity index (χ1v) is 10.7. The van der Waals surface area contributed by atoms with Gasteiger partial charge in [-0.25, -0.2) is 4.39 Å². The molecule has 2 atom stereocenters. The molecule has 2 aromatic carbocycles. The fraction of sp³-hybridized carbons (Fsp3) is 0.192. The molecule has 0 unspecified atom stereocenters. The van der Waals surface area contributed by atoms with Crippen LogP contribution in [-0.2, 0) is 22.6 Å². The Bertz CT molecular complexity index is 1290. The van der Waals surface area contributed by atoms with E-state index in [-0.39, 0.29) is 29.5 Å². The highest BCUT2D eigenvalue weighted by Gasteiger charge is 2.47. The van der Waals surface area contributed by atoms with Gasteiger partial charge in [0.2, 0.25) is 0 Å². The predicted molar refractivity (Wildman–Crippen MR) is 119 cm³/mol. The molecule has 33 heavy (non-hydrogen) atoms. The van der Waals surface area contributed by atoms with Gasteiger partial charge in [-0.1, -0.05) is 18.2 Å². The van der Waals surface area contributed by atoms with Crippen molar-refractivity contribution in [1.29, 1.82) is 0 Å². The minimum absolute atomic E-state index is 0.0155. The highest BCUT2D eigenvalue weighted by molar-refractivity contribution is 6.46. The molecule has 2 aliphatic rings. The van der Waals surface area contributed by atoms with E-state index in [1.165, 1.54) is 23.1 Å². The topological polar surface area (TPSA) is 79.7 Å². The molecule has 3 heterocycles. The highest BCUT2D eigenvalue weighted by atomic mass is 19.1. The van der Waals surface area contributed by atoms with Gasteiger partial charge in [-0.2, -0.15) is 0 Å². The van der Waals surface area contributed by atoms with Crippen LogP contribution in [0, 0.1) is 5.82 Å². The average molecular weight is 444 g/mol. The number of carbonyl (C=O) groups is 2. The Morgan fingerprint density at radius 3 is 2.67 bits per heavy atom. The van der Waals surface area contributed by atoms with E-state index >= 15 is 0 Å². The Morgan fingerprint density at radius 2 is 1.91 bits per heavy atom. The second-order valence-corrected chi connectivity index (χ2v) is 8.26. The summed E-state index contributed by atoms with van der Waals surface area (Å²) in [6.45, 7) is 2.01. The first-order chi connectivity index (χ1) is 15.9. The first-order valence-electron chi connectivity index (χ1n) is 10.7. The van der Waals surface area contributed by atoms with Crippen LogP contribution in [0.5, 0.6) is 5.75 Å². The number of aliphatic hydroxyl groups excluding tert-OH is 1. The van der Waals surface area contributed by atoms with Gasteiger partial charge in [0.05, 0.1) is 11.6 Å². The fourth-order valence-corrected chi connectivity index (χ4v) is 4.47. The first kappa shape index (κ1) is 20.9. The number of carbonyl (C=O) groups excluding carboxylic acids is 2. The number of rotatable bonds is 4. The molecular formula is C26H21FN2O4. The number of benzene rings is 2. The van der Waals surface area contributed by atoms with Gasteiger partial charge in [0.1, 0.15) is 23.4 Å². The molecule has 166 valence electrons. The van der Waals surface area contributed by atoms with E-state index in [1.807, 2.05) is 6.92 Å². The Balaban J connectivity index is 1.65. The molecule has 3 aromatic rings. The number of halogens is 1. The number of aromatic nitrogens is 1. The number of nitrogens with zero attached hydrogens (tertiary/aromatic N) is 2. The van der Waals surface area contributed by atoms with Crippen LogP contribution in [0.25, 0.3) is 5.76 Å². The van der Waals surface area contributed by atoms with E-state index in [0.29, 0.717) is 12.0 Å². The number of likely N-dealkylation sites (tertiary alicyclic amines) is 1. The zero-order valence-corrected chi connectivity index (χ0v) is 17.9. The van der Waals surface area contributed by atoms with Crippen molar-refractivity contribution in [2.75, 3.05) is 0 Å². The third kappa shape index (κ3) is 3.65. The molecule has 1 N–H and O–H groups in total. The number of pyridine rings is 1. The van der Waals surface area contributed by atoms with Crippen LogP contribution in [0.2, 0.25) is 0 Å². The van der Waals surface area contributed by atoms with Crippen molar-refractivity contribution >= 4 is 17.4 Å². The lowest BCUT2D eigenvalue weighted by molar-refractivity contribution is -0.140. The van der Waals surface area contributed by atoms with E-state index in [9.17, 15) is 19.1 Å². The van der Waals surface area contributed by atoms with Crippen LogP contribution >= 0.6 is 0 Å². The normalized spacial score (nSPS) is 21.2. The van der Waals surface area contributed by atoms with Gasteiger partial charge in [-0.05, 0) is 54.4 Å². The molecule has 7 heteroatoms. The predicted octanol–water partition coefficient (Wildman–Crippen LogP) is 4.17. The van der Waals surface area contributed by atoms with Crippen molar-refractivity contribution in [3.05, 3.63) is 101 Å². The van der Waals surface area contributed by atoms with Crippen LogP contribution in [0.4, 0.5) is 4.39 Å². The molecule has 1 amide bonds. The highest BCUT2D eigenvalue weighted by Crippen LogP contribution is 2.42. The molecule has 5 rings (SSSR count). The standard InChI is InChI=1S/C26H21FN2O4/c1-15-12-18-13-17(6-7-21(18)33-15)24(30)22-23(19-4-2-3-5-20(19)27)29(26(32)25(22)31)14-16-8-10-28-11-9-16/h2-11,13,15,23,30H,12,14H2,1H3/t15-,23-/m0/s1. The lowest BCUT2D eigenvalue weighted by Gasteiger charge is -2.25. The smallest absolute Gasteiger partial charge is 0.295 e. The summed E-state index contributed by atoms with van der Waals surface area (Å²) in [4.78, 5) is 31.5. The van der Waals surface area contributed by atoms with E-state index in [4.69, 9.17) is 4.74 Å². The molecule has 0 bridgehead atoms. The van der Waals surface area contributed by atoms with Gasteiger partial charge < -0.3 is 14.7 Å². The number of aliphatic hydroxyl groups is 1. The van der Waals surface area contributed by atoms with Crippen molar-refractivity contribution in [3.8, 4) is 5.75 Å². The number of fused-ring (bicyclic) bond motifs is 1. The Kier molecular flexibility index (Phi) is 5.17. The number of ether oxygens (including phenoxy) is 1. The molecule has 0 spiro atoms. The van der Waals surface area contributed by atoms with E-state index in [2.05, 4.69) is 4.98 Å². The van der Waals surface area contributed by atoms with Gasteiger partial charge in [-0.3, -0.25) is 14.6 Å². The Hall–Kier alpha value is -4.00. The lowest BCUT2D eigenvalue weighted by atomic mass is 9.94. The van der Waals surface area contributed by atoms with Crippen molar-refractivity contribution in [3.63, 3.8) is 0 Å². The quantitative estimate of drug-likeness (QED) is 0.371. The van der Waals surface area contributed by atoms with Crippen LogP contribution in [0.15, 0.2) is 72.6 Å². The van der Waals surface area contributed by atoms with Crippen LogP contribution < -0.4 is 4.74 Å². The largest absolute Gasteiger partial charge is 0.507 e. The third-order valence-corrected chi connectivity index (χ3v) is 6.01. The number of Topliss-reactive ketones (excluding diaryl/α,β-unsaturated/α-hetero) is 1. The van der Waals surface area contributed by atoms with Gasteiger partial charge in [0.25, 0.3) is 11.7 Å². The van der Waals surface area contributed by atoms with Crippen molar-refractivity contribution in [2.45, 2.75) is 32.0 Å². The molecule has 2 aliphatic heterocycles. The summed E-state index contributed by atoms with van der Waals surface area (Å²) in [7, 11) is 0. The number of hydrogen-bond donors (Lipinski definition) is 1. The maximum atomic E-state index is 14.9. The summed E-state index contributed by atoms with van der Waals surface area (Å²) < 4.78 is 20.6.